The van der Waals surface area contributed by atoms with Crippen LogP contribution < -0.4 is 15.5 Å². The van der Waals surface area contributed by atoms with Crippen LogP contribution in [0, 0.1) is 17.3 Å². The van der Waals surface area contributed by atoms with E-state index in [-0.39, 0.29) is 23.8 Å². The average molecular weight is 517 g/mol. The molecule has 4 heterocycles. The molecule has 2 atom stereocenters. The normalized spacial score (nSPS) is 25.4. The molecule has 6 rings (SSSR count). The number of aromatic nitrogens is 2. The van der Waals surface area contributed by atoms with Gasteiger partial charge < -0.3 is 15.5 Å². The van der Waals surface area contributed by atoms with Gasteiger partial charge in [-0.1, -0.05) is 26.7 Å². The summed E-state index contributed by atoms with van der Waals surface area (Å²) < 4.78 is 0. The molecule has 9 nitrogen and oxygen atoms in total. The van der Waals surface area contributed by atoms with E-state index in [9.17, 15) is 14.4 Å². The van der Waals surface area contributed by atoms with Crippen LogP contribution in [0.4, 0.5) is 17.5 Å². The van der Waals surface area contributed by atoms with Gasteiger partial charge in [-0.3, -0.25) is 19.3 Å². The lowest BCUT2D eigenvalue weighted by Crippen LogP contribution is -2.56. The van der Waals surface area contributed by atoms with Crippen LogP contribution >= 0.6 is 0 Å². The van der Waals surface area contributed by atoms with Crippen LogP contribution in [0.2, 0.25) is 0 Å². The topological polar surface area (TPSA) is 108 Å². The lowest BCUT2D eigenvalue weighted by molar-refractivity contribution is -0.140. The molecule has 1 aromatic carbocycles. The molecule has 0 unspecified atom stereocenters. The lowest BCUT2D eigenvalue weighted by atomic mass is 9.76. The van der Waals surface area contributed by atoms with Crippen LogP contribution in [0.1, 0.15) is 68.3 Å². The number of nitrogens with one attached hydrogen (secondary N) is 2. The van der Waals surface area contributed by atoms with Crippen LogP contribution in [-0.2, 0) is 16.0 Å². The fourth-order valence-corrected chi connectivity index (χ4v) is 6.59. The van der Waals surface area contributed by atoms with Gasteiger partial charge in [-0.15, -0.1) is 0 Å². The minimum Gasteiger partial charge on any atom is -0.355 e. The summed E-state index contributed by atoms with van der Waals surface area (Å²) in [5.41, 5.74) is 1.24. The van der Waals surface area contributed by atoms with Crippen LogP contribution in [0.15, 0.2) is 30.5 Å². The van der Waals surface area contributed by atoms with Gasteiger partial charge in [0.1, 0.15) is 11.2 Å². The molecule has 3 amide bonds. The highest BCUT2D eigenvalue weighted by Crippen LogP contribution is 2.44. The third-order valence-corrected chi connectivity index (χ3v) is 8.99. The highest BCUT2D eigenvalue weighted by atomic mass is 16.2. The van der Waals surface area contributed by atoms with Crippen molar-refractivity contribution in [2.24, 2.45) is 17.3 Å². The second-order valence-corrected chi connectivity index (χ2v) is 11.7. The van der Waals surface area contributed by atoms with Crippen molar-refractivity contribution in [1.82, 2.24) is 20.2 Å². The van der Waals surface area contributed by atoms with Crippen molar-refractivity contribution in [2.45, 2.75) is 64.8 Å². The van der Waals surface area contributed by atoms with Crippen molar-refractivity contribution in [2.75, 3.05) is 29.9 Å². The number of anilines is 3. The van der Waals surface area contributed by atoms with E-state index in [1.165, 1.54) is 0 Å². The maximum atomic E-state index is 13.8. The highest BCUT2D eigenvalue weighted by molar-refractivity contribution is 6.14. The SMILES string of the molecule is CC(C)[C@H]1CCN(C(=O)c2ccc(Nc3ncc4c(n3)N(C3CCCC3)C(=O)[C@]3(CCNC3=O)C4)cc2)C1. The van der Waals surface area contributed by atoms with Crippen LogP contribution in [0.5, 0.6) is 0 Å². The summed E-state index contributed by atoms with van der Waals surface area (Å²) in [5.74, 6) is 1.92. The first-order valence-corrected chi connectivity index (χ1v) is 14.0. The van der Waals surface area contributed by atoms with E-state index in [1.54, 1.807) is 11.1 Å². The monoisotopic (exact) mass is 516 g/mol. The summed E-state index contributed by atoms with van der Waals surface area (Å²) in [7, 11) is 0. The quantitative estimate of drug-likeness (QED) is 0.587. The van der Waals surface area contributed by atoms with E-state index in [0.29, 0.717) is 48.6 Å². The molecular weight excluding hydrogens is 480 g/mol. The van der Waals surface area contributed by atoms with Crippen molar-refractivity contribution in [1.29, 1.82) is 0 Å². The van der Waals surface area contributed by atoms with Crippen molar-refractivity contribution in [3.05, 3.63) is 41.6 Å². The molecule has 1 saturated carbocycles. The number of nitrogens with zero attached hydrogens (tertiary/aromatic N) is 4. The molecule has 2 saturated heterocycles. The van der Waals surface area contributed by atoms with E-state index >= 15 is 0 Å². The third-order valence-electron chi connectivity index (χ3n) is 8.99. The Bertz CT molecular complexity index is 1260. The number of hydrogen-bond acceptors (Lipinski definition) is 6. The molecular formula is C29H36N6O3. The third kappa shape index (κ3) is 4.22. The Morgan fingerprint density at radius 1 is 1.13 bits per heavy atom. The van der Waals surface area contributed by atoms with Gasteiger partial charge in [0, 0.05) is 55.1 Å². The number of rotatable bonds is 5. The molecule has 2 aromatic rings. The zero-order valence-corrected chi connectivity index (χ0v) is 22.2. The van der Waals surface area contributed by atoms with Crippen LogP contribution in [-0.4, -0.2) is 58.3 Å². The first-order chi connectivity index (χ1) is 18.4. The first-order valence-electron chi connectivity index (χ1n) is 14.0. The van der Waals surface area contributed by atoms with Crippen molar-refractivity contribution < 1.29 is 14.4 Å². The van der Waals surface area contributed by atoms with E-state index in [2.05, 4.69) is 29.5 Å². The molecule has 0 radical (unpaired) electrons. The van der Waals surface area contributed by atoms with Crippen molar-refractivity contribution in [3.63, 3.8) is 0 Å². The molecule has 38 heavy (non-hydrogen) atoms. The maximum Gasteiger partial charge on any atom is 0.253 e. The smallest absolute Gasteiger partial charge is 0.253 e. The molecule has 200 valence electrons. The second kappa shape index (κ2) is 9.67. The van der Waals surface area contributed by atoms with Gasteiger partial charge >= 0.3 is 0 Å². The number of hydrogen-bond donors (Lipinski definition) is 2. The number of likely N-dealkylation sites (tertiary alicyclic amines) is 1. The second-order valence-electron chi connectivity index (χ2n) is 11.7. The largest absolute Gasteiger partial charge is 0.355 e. The maximum absolute atomic E-state index is 13.8. The van der Waals surface area contributed by atoms with Crippen molar-refractivity contribution in [3.8, 4) is 0 Å². The zero-order chi connectivity index (χ0) is 26.4. The first kappa shape index (κ1) is 24.8. The number of benzene rings is 1. The Morgan fingerprint density at radius 3 is 2.55 bits per heavy atom. The van der Waals surface area contributed by atoms with Gasteiger partial charge in [-0.25, -0.2) is 4.98 Å². The van der Waals surface area contributed by atoms with Gasteiger partial charge in [-0.2, -0.15) is 4.98 Å². The summed E-state index contributed by atoms with van der Waals surface area (Å²) in [6.07, 6.45) is 7.63. The van der Waals surface area contributed by atoms with Gasteiger partial charge in [0.2, 0.25) is 17.8 Å². The van der Waals surface area contributed by atoms with Gasteiger partial charge in [0.15, 0.2) is 0 Å². The summed E-state index contributed by atoms with van der Waals surface area (Å²) in [4.78, 5) is 52.6. The lowest BCUT2D eigenvalue weighted by Gasteiger charge is -2.40. The van der Waals surface area contributed by atoms with E-state index in [4.69, 9.17) is 4.98 Å². The Morgan fingerprint density at radius 2 is 1.89 bits per heavy atom. The van der Waals surface area contributed by atoms with E-state index < -0.39 is 5.41 Å². The molecule has 1 aromatic heterocycles. The zero-order valence-electron chi connectivity index (χ0n) is 22.2. The summed E-state index contributed by atoms with van der Waals surface area (Å²) in [6.45, 7) is 6.58. The standard InChI is InChI=1S/C29H36N6O3/c1-18(2)20-11-14-34(17-20)25(36)19-7-9-22(10-8-19)32-28-31-16-21-15-29(12-13-30-26(29)37)27(38)35(24(21)33-28)23-5-3-4-6-23/h7-10,16,18,20,23H,3-6,11-15,17H2,1-2H3,(H,30,37)(H,31,32,33)/t20-,29+/m0/s1. The minimum atomic E-state index is -1.04. The van der Waals surface area contributed by atoms with Gasteiger partial charge in [0.05, 0.1) is 0 Å². The molecule has 2 N–H and O–H groups in total. The Labute approximate surface area is 223 Å². The summed E-state index contributed by atoms with van der Waals surface area (Å²) >= 11 is 0. The van der Waals surface area contributed by atoms with Gasteiger partial charge in [-0.05, 0) is 61.8 Å². The van der Waals surface area contributed by atoms with Gasteiger partial charge in [0.25, 0.3) is 5.91 Å². The molecule has 1 aliphatic carbocycles. The Kier molecular flexibility index (Phi) is 6.32. The number of amides is 3. The molecule has 1 spiro atoms. The molecule has 9 heteroatoms. The molecule has 0 bridgehead atoms. The molecule has 4 aliphatic rings. The number of carbonyl (C=O) groups is 3. The molecule has 3 fully saturated rings. The number of carbonyl (C=O) groups excluding carboxylic acids is 3. The molecule has 3 aliphatic heterocycles. The fourth-order valence-electron chi connectivity index (χ4n) is 6.59. The Hall–Kier alpha value is -3.49. The summed E-state index contributed by atoms with van der Waals surface area (Å²) in [6, 6.07) is 7.46. The summed E-state index contributed by atoms with van der Waals surface area (Å²) in [5, 5.41) is 6.11. The van der Waals surface area contributed by atoms with Crippen LogP contribution in [0.3, 0.4) is 0 Å². The van der Waals surface area contributed by atoms with Crippen LogP contribution in [0.25, 0.3) is 0 Å². The number of fused-ring (bicyclic) bond motifs is 1. The fraction of sp³-hybridized carbons (Fsp3) is 0.552. The minimum absolute atomic E-state index is 0.0563. The Balaban J connectivity index is 1.22. The predicted octanol–water partition coefficient (Wildman–Crippen LogP) is 3.68. The predicted molar refractivity (Wildman–Crippen MR) is 144 cm³/mol. The average Bonchev–Trinajstić information content (AvgIpc) is 3.68. The highest BCUT2D eigenvalue weighted by Gasteiger charge is 2.56. The van der Waals surface area contributed by atoms with Crippen molar-refractivity contribution >= 4 is 35.2 Å². The van der Waals surface area contributed by atoms with E-state index in [0.717, 1.165) is 56.4 Å². The van der Waals surface area contributed by atoms with E-state index in [1.807, 2.05) is 29.2 Å².